The molecule has 3 rings (SSSR count). The van der Waals surface area contributed by atoms with Gasteiger partial charge in [0.05, 0.1) is 17.5 Å². The zero-order valence-corrected chi connectivity index (χ0v) is 13.8. The summed E-state index contributed by atoms with van der Waals surface area (Å²) >= 11 is 0. The van der Waals surface area contributed by atoms with Gasteiger partial charge in [-0.2, -0.15) is 0 Å². The van der Waals surface area contributed by atoms with Gasteiger partial charge in [0.2, 0.25) is 5.88 Å². The van der Waals surface area contributed by atoms with E-state index in [0.717, 1.165) is 12.8 Å². The van der Waals surface area contributed by atoms with E-state index in [1.807, 2.05) is 30.3 Å². The number of amides is 1. The molecule has 2 N–H and O–H groups in total. The summed E-state index contributed by atoms with van der Waals surface area (Å²) in [5.74, 6) is -0.142. The number of ether oxygens (including phenoxy) is 1. The largest absolute Gasteiger partial charge is 0.481 e. The van der Waals surface area contributed by atoms with E-state index in [0.29, 0.717) is 30.0 Å². The van der Waals surface area contributed by atoms with Crippen molar-refractivity contribution in [2.45, 2.75) is 37.6 Å². The van der Waals surface area contributed by atoms with Crippen molar-refractivity contribution in [3.8, 4) is 11.6 Å². The summed E-state index contributed by atoms with van der Waals surface area (Å²) in [5.41, 5.74) is -0.264. The van der Waals surface area contributed by atoms with Crippen LogP contribution >= 0.6 is 0 Å². The number of carbonyl (C=O) groups is 2. The first kappa shape index (κ1) is 17.0. The molecule has 25 heavy (non-hydrogen) atoms. The van der Waals surface area contributed by atoms with Gasteiger partial charge in [0.1, 0.15) is 5.75 Å². The molecule has 0 bridgehead atoms. The van der Waals surface area contributed by atoms with Crippen LogP contribution in [0.2, 0.25) is 0 Å². The van der Waals surface area contributed by atoms with Crippen LogP contribution in [-0.4, -0.2) is 27.5 Å². The molecular formula is C19H20N2O4. The Kier molecular flexibility index (Phi) is 4.97. The molecule has 0 atom stereocenters. The zero-order valence-electron chi connectivity index (χ0n) is 13.8. The van der Waals surface area contributed by atoms with Gasteiger partial charge in [-0.3, -0.25) is 9.59 Å². The first-order valence-electron chi connectivity index (χ1n) is 8.30. The van der Waals surface area contributed by atoms with E-state index in [-0.39, 0.29) is 12.3 Å². The Hall–Kier alpha value is -2.89. The summed E-state index contributed by atoms with van der Waals surface area (Å²) in [5, 5.41) is 12.0. The predicted octanol–water partition coefficient (Wildman–Crippen LogP) is 3.39. The molecule has 0 aliphatic heterocycles. The van der Waals surface area contributed by atoms with E-state index < -0.39 is 11.5 Å². The number of nitrogens with zero attached hydrogens (tertiary/aromatic N) is 1. The summed E-state index contributed by atoms with van der Waals surface area (Å²) in [7, 11) is 0. The van der Waals surface area contributed by atoms with Crippen molar-refractivity contribution in [3.63, 3.8) is 0 Å². The second-order valence-corrected chi connectivity index (χ2v) is 6.31. The highest BCUT2D eigenvalue weighted by molar-refractivity contribution is 5.94. The molecule has 1 aromatic heterocycles. The maximum absolute atomic E-state index is 12.5. The minimum absolute atomic E-state index is 0.0542. The Morgan fingerprint density at radius 1 is 1.12 bits per heavy atom. The predicted molar refractivity (Wildman–Crippen MR) is 91.7 cm³/mol. The van der Waals surface area contributed by atoms with Crippen LogP contribution in [0.15, 0.2) is 48.7 Å². The van der Waals surface area contributed by atoms with Crippen molar-refractivity contribution in [1.29, 1.82) is 0 Å². The Labute approximate surface area is 145 Å². The van der Waals surface area contributed by atoms with Crippen LogP contribution in [0.4, 0.5) is 0 Å². The molecular weight excluding hydrogens is 320 g/mol. The molecule has 0 saturated heterocycles. The van der Waals surface area contributed by atoms with Gasteiger partial charge in [-0.25, -0.2) is 4.98 Å². The third-order valence-corrected chi connectivity index (χ3v) is 4.39. The van der Waals surface area contributed by atoms with Crippen LogP contribution in [-0.2, 0) is 4.79 Å². The standard InChI is InChI=1S/C19H20N2O4/c22-17(23)12-19(10-4-5-11-19)21-18(24)14-8-9-16(20-13-14)25-15-6-2-1-3-7-15/h1-3,6-9,13H,4-5,10-12H2,(H,21,24)(H,22,23). The van der Waals surface area contributed by atoms with Crippen molar-refractivity contribution in [2.24, 2.45) is 0 Å². The van der Waals surface area contributed by atoms with Crippen molar-refractivity contribution >= 4 is 11.9 Å². The highest BCUT2D eigenvalue weighted by atomic mass is 16.5. The average Bonchev–Trinajstić information content (AvgIpc) is 3.03. The zero-order chi connectivity index (χ0) is 17.7. The Balaban J connectivity index is 1.67. The first-order valence-corrected chi connectivity index (χ1v) is 8.30. The fourth-order valence-electron chi connectivity index (χ4n) is 3.18. The van der Waals surface area contributed by atoms with E-state index in [2.05, 4.69) is 10.3 Å². The van der Waals surface area contributed by atoms with Gasteiger partial charge in [0.25, 0.3) is 5.91 Å². The lowest BCUT2D eigenvalue weighted by Crippen LogP contribution is -2.47. The van der Waals surface area contributed by atoms with Crippen LogP contribution in [0.1, 0.15) is 42.5 Å². The number of carboxylic acids is 1. The van der Waals surface area contributed by atoms with Gasteiger partial charge in [0, 0.05) is 12.3 Å². The van der Waals surface area contributed by atoms with Gasteiger partial charge in [0.15, 0.2) is 0 Å². The van der Waals surface area contributed by atoms with E-state index in [9.17, 15) is 9.59 Å². The van der Waals surface area contributed by atoms with Gasteiger partial charge in [-0.1, -0.05) is 31.0 Å². The van der Waals surface area contributed by atoms with Crippen LogP contribution < -0.4 is 10.1 Å². The summed E-state index contributed by atoms with van der Waals surface area (Å²) in [6.07, 6.45) is 4.62. The summed E-state index contributed by atoms with van der Waals surface area (Å²) in [4.78, 5) is 27.7. The number of rotatable bonds is 6. The SMILES string of the molecule is O=C(O)CC1(NC(=O)c2ccc(Oc3ccccc3)nc2)CCCC1. The molecule has 1 aliphatic carbocycles. The number of para-hydroxylation sites is 1. The molecule has 1 heterocycles. The Morgan fingerprint density at radius 2 is 1.84 bits per heavy atom. The number of nitrogens with one attached hydrogen (secondary N) is 1. The summed E-state index contributed by atoms with van der Waals surface area (Å²) in [6, 6.07) is 12.5. The lowest BCUT2D eigenvalue weighted by atomic mass is 9.93. The van der Waals surface area contributed by atoms with Crippen molar-refractivity contribution in [3.05, 3.63) is 54.2 Å². The molecule has 6 heteroatoms. The molecule has 1 aliphatic rings. The van der Waals surface area contributed by atoms with Crippen LogP contribution in [0.5, 0.6) is 11.6 Å². The molecule has 130 valence electrons. The summed E-state index contributed by atoms with van der Waals surface area (Å²) < 4.78 is 5.60. The fourth-order valence-corrected chi connectivity index (χ4v) is 3.18. The second-order valence-electron chi connectivity index (χ2n) is 6.31. The summed E-state index contributed by atoms with van der Waals surface area (Å²) in [6.45, 7) is 0. The van der Waals surface area contributed by atoms with Gasteiger partial charge in [-0.05, 0) is 31.0 Å². The molecule has 1 amide bonds. The van der Waals surface area contributed by atoms with Crippen LogP contribution in [0.25, 0.3) is 0 Å². The number of carboxylic acid groups (broad SMARTS) is 1. The monoisotopic (exact) mass is 340 g/mol. The number of hydrogen-bond acceptors (Lipinski definition) is 4. The van der Waals surface area contributed by atoms with Crippen molar-refractivity contribution in [2.75, 3.05) is 0 Å². The number of aromatic nitrogens is 1. The third kappa shape index (κ3) is 4.35. The number of hydrogen-bond donors (Lipinski definition) is 2. The fraction of sp³-hybridized carbons (Fsp3) is 0.316. The van der Waals surface area contributed by atoms with Gasteiger partial charge < -0.3 is 15.2 Å². The minimum atomic E-state index is -0.896. The number of carbonyl (C=O) groups excluding carboxylic acids is 1. The molecule has 0 radical (unpaired) electrons. The molecule has 0 spiro atoms. The topological polar surface area (TPSA) is 88.5 Å². The van der Waals surface area contributed by atoms with Gasteiger partial charge in [-0.15, -0.1) is 0 Å². The van der Waals surface area contributed by atoms with Crippen LogP contribution in [0.3, 0.4) is 0 Å². The van der Waals surface area contributed by atoms with E-state index in [4.69, 9.17) is 9.84 Å². The first-order chi connectivity index (χ1) is 12.1. The van der Waals surface area contributed by atoms with E-state index in [1.54, 1.807) is 12.1 Å². The normalized spacial score (nSPS) is 15.5. The molecule has 6 nitrogen and oxygen atoms in total. The Bertz CT molecular complexity index is 738. The molecule has 1 aromatic carbocycles. The quantitative estimate of drug-likeness (QED) is 0.841. The smallest absolute Gasteiger partial charge is 0.305 e. The van der Waals surface area contributed by atoms with Crippen molar-refractivity contribution < 1.29 is 19.4 Å². The maximum Gasteiger partial charge on any atom is 0.305 e. The molecule has 2 aromatic rings. The molecule has 1 saturated carbocycles. The maximum atomic E-state index is 12.5. The molecule has 0 unspecified atom stereocenters. The van der Waals surface area contributed by atoms with Crippen molar-refractivity contribution in [1.82, 2.24) is 10.3 Å². The average molecular weight is 340 g/mol. The lowest BCUT2D eigenvalue weighted by Gasteiger charge is -2.28. The Morgan fingerprint density at radius 3 is 2.44 bits per heavy atom. The number of pyridine rings is 1. The number of aliphatic carboxylic acids is 1. The van der Waals surface area contributed by atoms with Gasteiger partial charge >= 0.3 is 5.97 Å². The lowest BCUT2D eigenvalue weighted by molar-refractivity contribution is -0.138. The highest BCUT2D eigenvalue weighted by Gasteiger charge is 2.37. The molecule has 1 fully saturated rings. The van der Waals surface area contributed by atoms with E-state index in [1.165, 1.54) is 6.20 Å². The number of benzene rings is 1. The minimum Gasteiger partial charge on any atom is -0.481 e. The van der Waals surface area contributed by atoms with E-state index >= 15 is 0 Å². The highest BCUT2D eigenvalue weighted by Crippen LogP contribution is 2.33. The third-order valence-electron chi connectivity index (χ3n) is 4.39. The second kappa shape index (κ2) is 7.34. The van der Waals surface area contributed by atoms with Crippen LogP contribution in [0, 0.1) is 0 Å².